The van der Waals surface area contributed by atoms with E-state index in [1.165, 1.54) is 0 Å². The molecule has 1 unspecified atom stereocenters. The Balaban J connectivity index is 0.788. The van der Waals surface area contributed by atoms with Crippen molar-refractivity contribution in [1.82, 2.24) is 25.3 Å². The molecule has 8 rings (SSSR count). The average Bonchev–Trinajstić information content (AvgIpc) is 3.45. The van der Waals surface area contributed by atoms with Gasteiger partial charge in [0.15, 0.2) is 11.6 Å². The quantitative estimate of drug-likeness (QED) is 0.289. The monoisotopic (exact) mass is 821 g/mol. The van der Waals surface area contributed by atoms with Crippen LogP contribution in [0, 0.1) is 34.0 Å². The summed E-state index contributed by atoms with van der Waals surface area (Å²) in [5, 5.41) is 23.6. The molecule has 0 spiro atoms. The molecule has 15 nitrogen and oxygen atoms in total. The van der Waals surface area contributed by atoms with Crippen LogP contribution < -0.4 is 25.2 Å². The maximum atomic E-state index is 13.6. The second kappa shape index (κ2) is 15.5. The molecule has 1 atom stereocenters. The first-order chi connectivity index (χ1) is 28.1. The molecule has 1 saturated carbocycles. The lowest BCUT2D eigenvalue weighted by Crippen LogP contribution is -2.69. The average molecular weight is 822 g/mol. The molecule has 3 aromatic rings. The van der Waals surface area contributed by atoms with Gasteiger partial charge in [-0.15, -0.1) is 10.2 Å². The number of nitrogens with one attached hydrogen (secondary N) is 2. The number of fused-ring (bicyclic) bond motifs is 1. The fourth-order valence-electron chi connectivity index (χ4n) is 10.2. The molecule has 3 saturated heterocycles. The number of hydrogen-bond donors (Lipinski definition) is 2. The Morgan fingerprint density at radius 2 is 1.59 bits per heavy atom. The minimum Gasteiger partial charge on any atom is -0.489 e. The van der Waals surface area contributed by atoms with Gasteiger partial charge >= 0.3 is 0 Å². The van der Waals surface area contributed by atoms with Crippen LogP contribution in [0.25, 0.3) is 0 Å². The zero-order valence-corrected chi connectivity index (χ0v) is 34.4. The molecule has 59 heavy (non-hydrogen) atoms. The van der Waals surface area contributed by atoms with Crippen molar-refractivity contribution >= 4 is 58.5 Å². The summed E-state index contributed by atoms with van der Waals surface area (Å²) in [7, 11) is 0. The highest BCUT2D eigenvalue weighted by atomic mass is 35.5. The third-order valence-electron chi connectivity index (χ3n) is 12.9. The van der Waals surface area contributed by atoms with E-state index in [1.54, 1.807) is 36.4 Å². The van der Waals surface area contributed by atoms with Crippen molar-refractivity contribution in [2.45, 2.75) is 65.5 Å². The molecular formula is C43H48ClN9O6. The van der Waals surface area contributed by atoms with Crippen LogP contribution in [0.5, 0.6) is 5.75 Å². The van der Waals surface area contributed by atoms with Gasteiger partial charge in [0.05, 0.1) is 27.6 Å². The van der Waals surface area contributed by atoms with Crippen molar-refractivity contribution < 1.29 is 28.7 Å². The molecule has 4 fully saturated rings. The number of amides is 5. The van der Waals surface area contributed by atoms with E-state index in [1.807, 2.05) is 39.8 Å². The van der Waals surface area contributed by atoms with E-state index in [4.69, 9.17) is 16.3 Å². The van der Waals surface area contributed by atoms with Gasteiger partial charge in [0, 0.05) is 74.8 Å². The van der Waals surface area contributed by atoms with Gasteiger partial charge in [-0.3, -0.25) is 39.1 Å². The normalized spacial score (nSPS) is 24.3. The molecule has 2 aromatic carbocycles. The standard InChI is InChI=1S/C43H48ClN9O6/c1-42(2)36(43(3,4)41(42)59-28-7-5-26(23-45)31(44)22-28)38(56)46-33-10-11-34(49-48-33)52-15-13-25(14-16-52)24-50-17-19-51(20-18-50)27-6-8-29-30(21-27)40(58)53(39(29)57)32-9-12-35(54)47-37(32)55/h5-8,10-11,21-22,25,32,36,41H,9,12-20,24H2,1-4H3,(H,46,48,56)(H,47,54,55). The van der Waals surface area contributed by atoms with Crippen LogP contribution in [0.15, 0.2) is 48.5 Å². The first-order valence-corrected chi connectivity index (χ1v) is 20.6. The summed E-state index contributed by atoms with van der Waals surface area (Å²) < 4.78 is 6.34. The van der Waals surface area contributed by atoms with Crippen LogP contribution in [0.4, 0.5) is 17.3 Å². The molecule has 5 aliphatic rings. The number of benzene rings is 2. The SMILES string of the molecule is CC1(C)C(Oc2ccc(C#N)c(Cl)c2)C(C)(C)C1C(=O)Nc1ccc(N2CCC(CN3CCN(c4ccc5c(c4)C(=O)N(C4CCC(=O)NC4=O)C5=O)CC3)CC2)nn1. The van der Waals surface area contributed by atoms with E-state index in [0.717, 1.165) is 75.1 Å². The van der Waals surface area contributed by atoms with Crippen molar-refractivity contribution in [3.05, 3.63) is 70.2 Å². The van der Waals surface area contributed by atoms with Gasteiger partial charge in [-0.2, -0.15) is 5.26 Å². The highest BCUT2D eigenvalue weighted by Gasteiger charge is 2.66. The summed E-state index contributed by atoms with van der Waals surface area (Å²) in [6.45, 7) is 14.1. The van der Waals surface area contributed by atoms with Gasteiger partial charge in [-0.05, 0) is 67.6 Å². The van der Waals surface area contributed by atoms with Gasteiger partial charge in [0.1, 0.15) is 24.0 Å². The minimum absolute atomic E-state index is 0.0856. The number of aromatic nitrogens is 2. The number of carbonyl (C=O) groups excluding carboxylic acids is 5. The molecule has 0 bridgehead atoms. The molecule has 2 N–H and O–H groups in total. The van der Waals surface area contributed by atoms with Crippen LogP contribution in [-0.4, -0.2) is 107 Å². The zero-order chi connectivity index (χ0) is 41.8. The van der Waals surface area contributed by atoms with Gasteiger partial charge in [-0.25, -0.2) is 0 Å². The number of anilines is 3. The number of imide groups is 2. The molecule has 308 valence electrons. The first-order valence-electron chi connectivity index (χ1n) is 20.2. The molecule has 1 aliphatic carbocycles. The minimum atomic E-state index is -0.981. The van der Waals surface area contributed by atoms with Crippen molar-refractivity contribution in [1.29, 1.82) is 5.26 Å². The van der Waals surface area contributed by atoms with Gasteiger partial charge < -0.3 is 19.9 Å². The third-order valence-corrected chi connectivity index (χ3v) is 13.2. The van der Waals surface area contributed by atoms with Crippen molar-refractivity contribution in [2.24, 2.45) is 22.7 Å². The number of hydrogen-bond acceptors (Lipinski definition) is 12. The maximum absolute atomic E-state index is 13.6. The summed E-state index contributed by atoms with van der Waals surface area (Å²) in [6, 6.07) is 15.1. The number of nitrogens with zero attached hydrogens (tertiary/aromatic N) is 7. The number of piperazine rings is 1. The number of ether oxygens (including phenoxy) is 1. The Bertz CT molecular complexity index is 2230. The second-order valence-corrected chi connectivity index (χ2v) is 17.9. The predicted octanol–water partition coefficient (Wildman–Crippen LogP) is 4.51. The molecule has 4 aliphatic heterocycles. The van der Waals surface area contributed by atoms with E-state index in [0.29, 0.717) is 33.6 Å². The molecule has 1 aromatic heterocycles. The Hall–Kier alpha value is -5.59. The van der Waals surface area contributed by atoms with Crippen LogP contribution in [0.2, 0.25) is 5.02 Å². The van der Waals surface area contributed by atoms with E-state index in [9.17, 15) is 29.2 Å². The topological polar surface area (TPSA) is 181 Å². The lowest BCUT2D eigenvalue weighted by Gasteiger charge is -2.62. The lowest BCUT2D eigenvalue weighted by atomic mass is 9.45. The van der Waals surface area contributed by atoms with Crippen LogP contribution >= 0.6 is 11.6 Å². The predicted molar refractivity (Wildman–Crippen MR) is 219 cm³/mol. The Morgan fingerprint density at radius 1 is 0.881 bits per heavy atom. The lowest BCUT2D eigenvalue weighted by molar-refractivity contribution is -0.198. The Labute approximate surface area is 348 Å². The largest absolute Gasteiger partial charge is 0.489 e. The summed E-state index contributed by atoms with van der Waals surface area (Å²) >= 11 is 6.24. The van der Waals surface area contributed by atoms with Crippen molar-refractivity contribution in [3.63, 3.8) is 0 Å². The number of nitriles is 1. The number of rotatable bonds is 9. The summed E-state index contributed by atoms with van der Waals surface area (Å²) in [5.74, 6) is -0.215. The fraction of sp³-hybridized carbons (Fsp3) is 0.488. The van der Waals surface area contributed by atoms with E-state index >= 15 is 0 Å². The van der Waals surface area contributed by atoms with Gasteiger partial charge in [0.25, 0.3) is 11.8 Å². The summed E-state index contributed by atoms with van der Waals surface area (Å²) in [4.78, 5) is 72.1. The molecule has 16 heteroatoms. The van der Waals surface area contributed by atoms with Crippen LogP contribution in [-0.2, 0) is 14.4 Å². The molecular weight excluding hydrogens is 774 g/mol. The van der Waals surface area contributed by atoms with Gasteiger partial charge in [0.2, 0.25) is 17.7 Å². The molecule has 5 heterocycles. The Kier molecular flexibility index (Phi) is 10.6. The van der Waals surface area contributed by atoms with E-state index in [2.05, 4.69) is 41.6 Å². The van der Waals surface area contributed by atoms with E-state index < -0.39 is 40.5 Å². The molecule has 5 amide bonds. The smallest absolute Gasteiger partial charge is 0.262 e. The fourth-order valence-corrected chi connectivity index (χ4v) is 10.4. The van der Waals surface area contributed by atoms with E-state index in [-0.39, 0.29) is 36.3 Å². The maximum Gasteiger partial charge on any atom is 0.262 e. The highest BCUT2D eigenvalue weighted by molar-refractivity contribution is 6.31. The van der Waals surface area contributed by atoms with Crippen molar-refractivity contribution in [3.8, 4) is 11.8 Å². The first kappa shape index (κ1) is 40.2. The summed E-state index contributed by atoms with van der Waals surface area (Å²) in [5.41, 5.74) is 0.854. The zero-order valence-electron chi connectivity index (χ0n) is 33.7. The van der Waals surface area contributed by atoms with Gasteiger partial charge in [-0.1, -0.05) is 39.3 Å². The van der Waals surface area contributed by atoms with Crippen LogP contribution in [0.1, 0.15) is 79.7 Å². The number of carbonyl (C=O) groups is 5. The third kappa shape index (κ3) is 7.48. The highest BCUT2D eigenvalue weighted by Crippen LogP contribution is 2.60. The van der Waals surface area contributed by atoms with Crippen molar-refractivity contribution in [2.75, 3.05) is 60.9 Å². The van der Waals surface area contributed by atoms with Crippen LogP contribution in [0.3, 0.4) is 0 Å². The number of piperidine rings is 2. The molecule has 0 radical (unpaired) electrons. The second-order valence-electron chi connectivity index (χ2n) is 17.5. The summed E-state index contributed by atoms with van der Waals surface area (Å²) in [6.07, 6.45) is 1.99. The Morgan fingerprint density at radius 3 is 2.24 bits per heavy atom. The number of halogens is 1.